The number of nitrogens with two attached hydrogens (primary N) is 1. The first kappa shape index (κ1) is 20.0. The highest BCUT2D eigenvalue weighted by Gasteiger charge is 2.37. The topological polar surface area (TPSA) is 89.4 Å². The zero-order valence-corrected chi connectivity index (χ0v) is 15.7. The number of anilines is 1. The summed E-state index contributed by atoms with van der Waals surface area (Å²) in [6, 6.07) is 2.16. The largest absolute Gasteiger partial charge is 0.397 e. The van der Waals surface area contributed by atoms with E-state index in [2.05, 4.69) is 15.0 Å². The molecule has 1 fully saturated rings. The highest BCUT2D eigenvalue weighted by Crippen LogP contribution is 2.35. The van der Waals surface area contributed by atoms with Crippen LogP contribution in [0.4, 0.5) is 23.4 Å². The van der Waals surface area contributed by atoms with Crippen molar-refractivity contribution in [3.63, 3.8) is 0 Å². The minimum absolute atomic E-state index is 0.0584. The molecule has 4 heterocycles. The molecule has 2 N–H and O–H groups in total. The van der Waals surface area contributed by atoms with Gasteiger partial charge in [-0.25, -0.2) is 19.3 Å². The van der Waals surface area contributed by atoms with Gasteiger partial charge in [-0.3, -0.25) is 9.20 Å². The van der Waals surface area contributed by atoms with Crippen molar-refractivity contribution < 1.29 is 22.4 Å². The van der Waals surface area contributed by atoms with Gasteiger partial charge in [0.1, 0.15) is 29.4 Å². The van der Waals surface area contributed by atoms with Gasteiger partial charge >= 0.3 is 6.18 Å². The number of nitrogen functional groups attached to an aromatic ring is 1. The number of halogens is 4. The van der Waals surface area contributed by atoms with Crippen molar-refractivity contribution in [2.75, 3.05) is 12.3 Å². The predicted molar refractivity (Wildman–Crippen MR) is 99.6 cm³/mol. The Labute approximate surface area is 168 Å². The molecular weight excluding hydrogens is 404 g/mol. The summed E-state index contributed by atoms with van der Waals surface area (Å²) in [5.41, 5.74) is 7.41. The van der Waals surface area contributed by atoms with Crippen molar-refractivity contribution in [1.29, 1.82) is 0 Å². The quantitative estimate of drug-likeness (QED) is 0.653. The molecular formula is C19H18F4N6O. The third kappa shape index (κ3) is 3.91. The van der Waals surface area contributed by atoms with Crippen LogP contribution in [0.1, 0.15) is 37.3 Å². The molecule has 158 valence electrons. The van der Waals surface area contributed by atoms with Gasteiger partial charge in [-0.05, 0) is 31.4 Å². The molecule has 11 heteroatoms. The third-order valence-electron chi connectivity index (χ3n) is 5.08. The number of aromatic nitrogens is 4. The second-order valence-electron chi connectivity index (χ2n) is 7.14. The Bertz CT molecular complexity index is 1100. The number of imidazole rings is 1. The number of hydrogen-bond acceptors (Lipinski definition) is 5. The van der Waals surface area contributed by atoms with Gasteiger partial charge in [0.05, 0.1) is 12.2 Å². The molecule has 0 saturated carbocycles. The molecule has 0 aliphatic carbocycles. The number of fused-ring (bicyclic) bond motifs is 1. The summed E-state index contributed by atoms with van der Waals surface area (Å²) < 4.78 is 53.2. The van der Waals surface area contributed by atoms with Gasteiger partial charge in [-0.15, -0.1) is 0 Å². The molecule has 1 saturated heterocycles. The fourth-order valence-electron chi connectivity index (χ4n) is 3.73. The van der Waals surface area contributed by atoms with E-state index in [0.717, 1.165) is 6.42 Å². The summed E-state index contributed by atoms with van der Waals surface area (Å²) in [6.07, 6.45) is -0.135. The van der Waals surface area contributed by atoms with Crippen molar-refractivity contribution in [3.05, 3.63) is 42.1 Å². The maximum atomic E-state index is 13.6. The summed E-state index contributed by atoms with van der Waals surface area (Å²) in [6.45, 7) is 0.216. The normalized spacial score (nSPS) is 17.5. The van der Waals surface area contributed by atoms with Crippen LogP contribution >= 0.6 is 0 Å². The SMILES string of the molecule is Nc1nc(-c2cnc3ccc(F)cn23)ncc1C1CCCCN1C(=O)CC(F)(F)F. The second kappa shape index (κ2) is 7.54. The zero-order valence-electron chi connectivity index (χ0n) is 15.7. The lowest BCUT2D eigenvalue weighted by Gasteiger charge is -2.36. The minimum Gasteiger partial charge on any atom is -0.383 e. The summed E-state index contributed by atoms with van der Waals surface area (Å²) >= 11 is 0. The molecule has 3 aromatic rings. The average molecular weight is 422 g/mol. The Kier molecular flexibility index (Phi) is 5.04. The number of amides is 1. The highest BCUT2D eigenvalue weighted by molar-refractivity contribution is 5.77. The lowest BCUT2D eigenvalue weighted by Crippen LogP contribution is -2.40. The van der Waals surface area contributed by atoms with E-state index >= 15 is 0 Å². The molecule has 3 aromatic heterocycles. The molecule has 4 rings (SSSR count). The van der Waals surface area contributed by atoms with Gasteiger partial charge in [0, 0.05) is 24.5 Å². The molecule has 30 heavy (non-hydrogen) atoms. The Balaban J connectivity index is 1.66. The summed E-state index contributed by atoms with van der Waals surface area (Å²) in [4.78, 5) is 26.1. The zero-order chi connectivity index (χ0) is 21.5. The van der Waals surface area contributed by atoms with Crippen molar-refractivity contribution in [2.45, 2.75) is 37.9 Å². The fourth-order valence-corrected chi connectivity index (χ4v) is 3.73. The van der Waals surface area contributed by atoms with E-state index in [1.54, 1.807) is 0 Å². The maximum absolute atomic E-state index is 13.6. The first-order valence-corrected chi connectivity index (χ1v) is 9.34. The summed E-state index contributed by atoms with van der Waals surface area (Å²) in [7, 11) is 0. The van der Waals surface area contributed by atoms with E-state index in [-0.39, 0.29) is 18.2 Å². The molecule has 0 spiro atoms. The molecule has 1 aliphatic heterocycles. The van der Waals surface area contributed by atoms with E-state index in [0.29, 0.717) is 29.7 Å². The van der Waals surface area contributed by atoms with Crippen LogP contribution in [0, 0.1) is 5.82 Å². The minimum atomic E-state index is -4.58. The van der Waals surface area contributed by atoms with E-state index in [1.807, 2.05) is 0 Å². The van der Waals surface area contributed by atoms with Crippen LogP contribution in [0.25, 0.3) is 17.2 Å². The average Bonchev–Trinajstić information content (AvgIpc) is 3.09. The van der Waals surface area contributed by atoms with E-state index in [4.69, 9.17) is 5.73 Å². The van der Waals surface area contributed by atoms with Gasteiger partial charge in [-0.2, -0.15) is 13.2 Å². The van der Waals surface area contributed by atoms with Gasteiger partial charge < -0.3 is 10.6 Å². The first-order valence-electron chi connectivity index (χ1n) is 9.34. The molecule has 1 aliphatic rings. The Hall–Kier alpha value is -3.24. The van der Waals surface area contributed by atoms with E-state index in [9.17, 15) is 22.4 Å². The van der Waals surface area contributed by atoms with Crippen LogP contribution in [0.3, 0.4) is 0 Å². The number of alkyl halides is 3. The van der Waals surface area contributed by atoms with Crippen LogP contribution in [0.15, 0.2) is 30.7 Å². The number of rotatable bonds is 3. The van der Waals surface area contributed by atoms with Crippen molar-refractivity contribution in [1.82, 2.24) is 24.3 Å². The van der Waals surface area contributed by atoms with Gasteiger partial charge in [-0.1, -0.05) is 0 Å². The number of carbonyl (C=O) groups excluding carboxylic acids is 1. The second-order valence-corrected chi connectivity index (χ2v) is 7.14. The molecule has 1 atom stereocenters. The Morgan fingerprint density at radius 3 is 2.73 bits per heavy atom. The van der Waals surface area contributed by atoms with E-state index in [1.165, 1.54) is 40.0 Å². The maximum Gasteiger partial charge on any atom is 0.397 e. The Morgan fingerprint density at radius 1 is 1.20 bits per heavy atom. The Morgan fingerprint density at radius 2 is 2.00 bits per heavy atom. The number of hydrogen-bond donors (Lipinski definition) is 1. The lowest BCUT2D eigenvalue weighted by molar-refractivity contribution is -0.164. The molecule has 0 bridgehead atoms. The van der Waals surface area contributed by atoms with Gasteiger partial charge in [0.2, 0.25) is 5.91 Å². The highest BCUT2D eigenvalue weighted by atomic mass is 19.4. The first-order chi connectivity index (χ1) is 14.2. The monoisotopic (exact) mass is 422 g/mol. The smallest absolute Gasteiger partial charge is 0.383 e. The van der Waals surface area contributed by atoms with Crippen LogP contribution in [0.2, 0.25) is 0 Å². The van der Waals surface area contributed by atoms with Gasteiger partial charge in [0.15, 0.2) is 5.82 Å². The molecule has 1 unspecified atom stereocenters. The standard InChI is InChI=1S/C19H18F4N6O/c20-11-4-5-15-25-9-14(29(15)10-11)18-26-8-12(17(24)27-18)13-3-1-2-6-28(13)16(30)7-19(21,22)23/h4-5,8-10,13H,1-3,6-7H2,(H2,24,26,27). The fraction of sp³-hybridized carbons (Fsp3) is 0.368. The van der Waals surface area contributed by atoms with Crippen LogP contribution < -0.4 is 5.73 Å². The number of pyridine rings is 1. The van der Waals surface area contributed by atoms with Gasteiger partial charge in [0.25, 0.3) is 0 Å². The van der Waals surface area contributed by atoms with Crippen molar-refractivity contribution in [3.8, 4) is 11.5 Å². The molecule has 7 nitrogen and oxygen atoms in total. The third-order valence-corrected chi connectivity index (χ3v) is 5.08. The van der Waals surface area contributed by atoms with Crippen LogP contribution in [-0.2, 0) is 4.79 Å². The molecule has 0 aromatic carbocycles. The predicted octanol–water partition coefficient (Wildman–Crippen LogP) is 3.52. The van der Waals surface area contributed by atoms with Crippen LogP contribution in [-0.4, -0.2) is 42.9 Å². The summed E-state index contributed by atoms with van der Waals surface area (Å²) in [5.74, 6) is -1.21. The number of piperidine rings is 1. The van der Waals surface area contributed by atoms with E-state index < -0.39 is 30.4 Å². The van der Waals surface area contributed by atoms with Crippen LogP contribution in [0.5, 0.6) is 0 Å². The molecule has 1 amide bonds. The number of nitrogens with zero attached hydrogens (tertiary/aromatic N) is 5. The number of carbonyl (C=O) groups is 1. The lowest BCUT2D eigenvalue weighted by atomic mass is 9.96. The van der Waals surface area contributed by atoms with Crippen molar-refractivity contribution in [2.24, 2.45) is 0 Å². The number of likely N-dealkylation sites (tertiary alicyclic amines) is 1. The molecule has 0 radical (unpaired) electrons. The summed E-state index contributed by atoms with van der Waals surface area (Å²) in [5, 5.41) is 0. The van der Waals surface area contributed by atoms with Crippen molar-refractivity contribution >= 4 is 17.4 Å².